The number of hydrogen-bond acceptors (Lipinski definition) is 2. The minimum atomic E-state index is 0.727. The molecular weight excluding hydrogens is 302 g/mol. The van der Waals surface area contributed by atoms with Gasteiger partial charge < -0.3 is 9.88 Å². The van der Waals surface area contributed by atoms with E-state index < -0.39 is 0 Å². The molecule has 1 aliphatic rings. The summed E-state index contributed by atoms with van der Waals surface area (Å²) in [7, 11) is 0. The Morgan fingerprint density at radius 3 is 3.00 bits per heavy atom. The van der Waals surface area contributed by atoms with E-state index in [4.69, 9.17) is 0 Å². The standard InChI is InChI=1S/C15H18BrN3/c1-2-15-17-7-8-19(15)14-9-12(16)4-3-11(14)10-18-13-5-6-13/h3-4,7-9,13,18H,2,5-6,10H2,1H3. The number of nitrogens with zero attached hydrogens (tertiary/aromatic N) is 2. The van der Waals surface area contributed by atoms with Gasteiger partial charge in [-0.3, -0.25) is 0 Å². The molecule has 1 heterocycles. The summed E-state index contributed by atoms with van der Waals surface area (Å²) in [4.78, 5) is 4.42. The lowest BCUT2D eigenvalue weighted by molar-refractivity contribution is 0.683. The van der Waals surface area contributed by atoms with Gasteiger partial charge in [0.2, 0.25) is 0 Å². The number of aryl methyl sites for hydroxylation is 1. The van der Waals surface area contributed by atoms with Gasteiger partial charge in [-0.05, 0) is 30.5 Å². The summed E-state index contributed by atoms with van der Waals surface area (Å²) in [6.45, 7) is 3.06. The summed E-state index contributed by atoms with van der Waals surface area (Å²) >= 11 is 3.57. The third-order valence-corrected chi connectivity index (χ3v) is 3.99. The quantitative estimate of drug-likeness (QED) is 0.914. The minimum Gasteiger partial charge on any atom is -0.310 e. The Morgan fingerprint density at radius 2 is 2.26 bits per heavy atom. The molecular formula is C15H18BrN3. The van der Waals surface area contributed by atoms with E-state index in [1.807, 2.05) is 12.4 Å². The van der Waals surface area contributed by atoms with Gasteiger partial charge in [-0.2, -0.15) is 0 Å². The van der Waals surface area contributed by atoms with Crippen LogP contribution in [0.25, 0.3) is 5.69 Å². The van der Waals surface area contributed by atoms with Crippen molar-refractivity contribution in [1.82, 2.24) is 14.9 Å². The minimum absolute atomic E-state index is 0.727. The van der Waals surface area contributed by atoms with E-state index in [1.54, 1.807) is 0 Å². The van der Waals surface area contributed by atoms with E-state index in [9.17, 15) is 0 Å². The van der Waals surface area contributed by atoms with Crippen molar-refractivity contribution < 1.29 is 0 Å². The lowest BCUT2D eigenvalue weighted by atomic mass is 10.1. The molecule has 1 saturated carbocycles. The molecule has 19 heavy (non-hydrogen) atoms. The van der Waals surface area contributed by atoms with Crippen molar-refractivity contribution in [3.8, 4) is 5.69 Å². The predicted molar refractivity (Wildman–Crippen MR) is 80.5 cm³/mol. The maximum absolute atomic E-state index is 4.42. The Balaban J connectivity index is 1.94. The van der Waals surface area contributed by atoms with Crippen molar-refractivity contribution in [2.75, 3.05) is 0 Å². The van der Waals surface area contributed by atoms with Crippen molar-refractivity contribution in [3.63, 3.8) is 0 Å². The monoisotopic (exact) mass is 319 g/mol. The SMILES string of the molecule is CCc1nccn1-c1cc(Br)ccc1CNC1CC1. The first-order chi connectivity index (χ1) is 9.28. The molecule has 0 spiro atoms. The summed E-state index contributed by atoms with van der Waals surface area (Å²) in [6, 6.07) is 7.19. The molecule has 0 bridgehead atoms. The molecule has 4 heteroatoms. The number of benzene rings is 1. The Morgan fingerprint density at radius 1 is 1.42 bits per heavy atom. The zero-order valence-corrected chi connectivity index (χ0v) is 12.7. The Hall–Kier alpha value is -1.13. The first-order valence-corrected chi connectivity index (χ1v) is 7.61. The highest BCUT2D eigenvalue weighted by Crippen LogP contribution is 2.24. The maximum atomic E-state index is 4.42. The first kappa shape index (κ1) is 12.9. The third-order valence-electron chi connectivity index (χ3n) is 3.50. The number of nitrogens with one attached hydrogen (secondary N) is 1. The van der Waals surface area contributed by atoms with Crippen LogP contribution in [0.3, 0.4) is 0 Å². The summed E-state index contributed by atoms with van der Waals surface area (Å²) in [6.07, 6.45) is 7.49. The van der Waals surface area contributed by atoms with Crippen molar-refractivity contribution in [3.05, 3.63) is 46.5 Å². The van der Waals surface area contributed by atoms with Crippen LogP contribution in [0.5, 0.6) is 0 Å². The topological polar surface area (TPSA) is 29.9 Å². The predicted octanol–water partition coefficient (Wildman–Crippen LogP) is 3.45. The molecule has 0 aliphatic heterocycles. The van der Waals surface area contributed by atoms with Crippen molar-refractivity contribution in [2.24, 2.45) is 0 Å². The number of aromatic nitrogens is 2. The smallest absolute Gasteiger partial charge is 0.112 e. The molecule has 1 aromatic heterocycles. The Kier molecular flexibility index (Phi) is 3.71. The fraction of sp³-hybridized carbons (Fsp3) is 0.400. The average molecular weight is 320 g/mol. The van der Waals surface area contributed by atoms with Gasteiger partial charge in [0.1, 0.15) is 5.82 Å². The van der Waals surface area contributed by atoms with Crippen LogP contribution in [0.1, 0.15) is 31.2 Å². The molecule has 1 aliphatic carbocycles. The second-order valence-electron chi connectivity index (χ2n) is 5.00. The molecule has 100 valence electrons. The largest absolute Gasteiger partial charge is 0.310 e. The van der Waals surface area contributed by atoms with E-state index in [0.29, 0.717) is 0 Å². The number of rotatable bonds is 5. The van der Waals surface area contributed by atoms with Crippen LogP contribution in [0.2, 0.25) is 0 Å². The van der Waals surface area contributed by atoms with Crippen LogP contribution in [-0.4, -0.2) is 15.6 Å². The van der Waals surface area contributed by atoms with Crippen molar-refractivity contribution in [2.45, 2.75) is 38.8 Å². The van der Waals surface area contributed by atoms with Gasteiger partial charge in [0.25, 0.3) is 0 Å². The molecule has 1 fully saturated rings. The Labute approximate surface area is 122 Å². The molecule has 1 N–H and O–H groups in total. The number of imidazole rings is 1. The molecule has 0 saturated heterocycles. The lowest BCUT2D eigenvalue weighted by Crippen LogP contribution is -2.17. The normalized spacial score (nSPS) is 14.8. The second-order valence-corrected chi connectivity index (χ2v) is 5.91. The van der Waals surface area contributed by atoms with Crippen LogP contribution in [-0.2, 0) is 13.0 Å². The molecule has 3 nitrogen and oxygen atoms in total. The van der Waals surface area contributed by atoms with E-state index in [2.05, 4.69) is 55.9 Å². The zero-order valence-electron chi connectivity index (χ0n) is 11.1. The Bertz CT molecular complexity index is 573. The van der Waals surface area contributed by atoms with Gasteiger partial charge in [0.15, 0.2) is 0 Å². The fourth-order valence-electron chi connectivity index (χ4n) is 2.27. The van der Waals surface area contributed by atoms with E-state index in [1.165, 1.54) is 24.1 Å². The van der Waals surface area contributed by atoms with Crippen molar-refractivity contribution in [1.29, 1.82) is 0 Å². The highest BCUT2D eigenvalue weighted by molar-refractivity contribution is 9.10. The van der Waals surface area contributed by atoms with Gasteiger partial charge in [-0.15, -0.1) is 0 Å². The summed E-state index contributed by atoms with van der Waals surface area (Å²) in [5, 5.41) is 3.58. The van der Waals surface area contributed by atoms with Gasteiger partial charge >= 0.3 is 0 Å². The average Bonchev–Trinajstić information content (AvgIpc) is 3.12. The summed E-state index contributed by atoms with van der Waals surface area (Å²) in [5.74, 6) is 1.10. The van der Waals surface area contributed by atoms with Crippen molar-refractivity contribution >= 4 is 15.9 Å². The molecule has 0 amide bonds. The maximum Gasteiger partial charge on any atom is 0.112 e. The zero-order chi connectivity index (χ0) is 13.2. The van der Waals surface area contributed by atoms with Crippen LogP contribution in [0.4, 0.5) is 0 Å². The highest BCUT2D eigenvalue weighted by atomic mass is 79.9. The molecule has 0 radical (unpaired) electrons. The fourth-order valence-corrected chi connectivity index (χ4v) is 2.62. The summed E-state index contributed by atoms with van der Waals surface area (Å²) < 4.78 is 3.29. The van der Waals surface area contributed by atoms with Crippen LogP contribution in [0, 0.1) is 0 Å². The van der Waals surface area contributed by atoms with E-state index in [0.717, 1.165) is 29.3 Å². The molecule has 2 aromatic rings. The van der Waals surface area contributed by atoms with Gasteiger partial charge in [0, 0.05) is 35.9 Å². The van der Waals surface area contributed by atoms with Crippen LogP contribution < -0.4 is 5.32 Å². The number of halogens is 1. The van der Waals surface area contributed by atoms with E-state index >= 15 is 0 Å². The molecule has 3 rings (SSSR count). The third kappa shape index (κ3) is 2.90. The second kappa shape index (κ2) is 5.47. The number of hydrogen-bond donors (Lipinski definition) is 1. The lowest BCUT2D eigenvalue weighted by Gasteiger charge is -2.14. The van der Waals surface area contributed by atoms with Gasteiger partial charge in [0.05, 0.1) is 5.69 Å². The summed E-state index contributed by atoms with van der Waals surface area (Å²) in [5.41, 5.74) is 2.54. The molecule has 0 atom stereocenters. The first-order valence-electron chi connectivity index (χ1n) is 6.82. The molecule has 0 unspecified atom stereocenters. The van der Waals surface area contributed by atoms with Gasteiger partial charge in [-0.1, -0.05) is 28.9 Å². The van der Waals surface area contributed by atoms with E-state index in [-0.39, 0.29) is 0 Å². The highest BCUT2D eigenvalue weighted by Gasteiger charge is 2.20. The van der Waals surface area contributed by atoms with Crippen LogP contribution >= 0.6 is 15.9 Å². The molecule has 1 aromatic carbocycles. The van der Waals surface area contributed by atoms with Crippen LogP contribution in [0.15, 0.2) is 35.1 Å². The van der Waals surface area contributed by atoms with Gasteiger partial charge in [-0.25, -0.2) is 4.98 Å².